The van der Waals surface area contributed by atoms with Gasteiger partial charge in [0.05, 0.1) is 16.6 Å². The summed E-state index contributed by atoms with van der Waals surface area (Å²) >= 11 is 5.63. The molecule has 0 aliphatic rings. The lowest BCUT2D eigenvalue weighted by atomic mass is 10.1. The Hall–Kier alpha value is -2.26. The Labute approximate surface area is 117 Å². The highest BCUT2D eigenvalue weighted by Crippen LogP contribution is 2.19. The molecule has 0 radical (unpaired) electrons. The molecule has 10 heteroatoms. The zero-order valence-corrected chi connectivity index (χ0v) is 10.9. The highest BCUT2D eigenvalue weighted by atomic mass is 35.5. The minimum Gasteiger partial charge on any atom is -0.480 e. The number of carbonyl (C=O) groups excluding carboxylic acids is 1. The van der Waals surface area contributed by atoms with Crippen LogP contribution in [0, 0.1) is 10.1 Å². The van der Waals surface area contributed by atoms with Crippen LogP contribution in [-0.2, 0) is 4.79 Å². The van der Waals surface area contributed by atoms with Crippen LogP contribution in [0.15, 0.2) is 12.3 Å². The van der Waals surface area contributed by atoms with Crippen molar-refractivity contribution in [1.29, 1.82) is 0 Å². The van der Waals surface area contributed by atoms with Gasteiger partial charge in [0.15, 0.2) is 6.04 Å². The molecule has 20 heavy (non-hydrogen) atoms. The second kappa shape index (κ2) is 6.26. The van der Waals surface area contributed by atoms with Crippen molar-refractivity contribution < 1.29 is 24.7 Å². The van der Waals surface area contributed by atoms with E-state index in [2.05, 4.69) is 4.98 Å². The van der Waals surface area contributed by atoms with Gasteiger partial charge in [0.2, 0.25) is 0 Å². The van der Waals surface area contributed by atoms with Crippen molar-refractivity contribution in [3.05, 3.63) is 33.1 Å². The maximum Gasteiger partial charge on any atom is 0.328 e. The lowest BCUT2D eigenvalue weighted by Gasteiger charge is -2.17. The molecule has 0 aliphatic carbocycles. The fourth-order valence-electron chi connectivity index (χ4n) is 1.30. The molecule has 0 spiro atoms. The number of carboxylic acids is 1. The van der Waals surface area contributed by atoms with Gasteiger partial charge in [0.25, 0.3) is 11.6 Å². The number of aliphatic carboxylic acids is 1. The summed E-state index contributed by atoms with van der Waals surface area (Å²) in [5, 5.41) is 30.3. The first-order valence-electron chi connectivity index (χ1n) is 5.25. The molecule has 1 aromatic heterocycles. The van der Waals surface area contributed by atoms with E-state index >= 15 is 0 Å². The van der Waals surface area contributed by atoms with Crippen molar-refractivity contribution in [1.82, 2.24) is 10.3 Å². The van der Waals surface area contributed by atoms with E-state index in [0.717, 1.165) is 12.3 Å². The third-order valence-corrected chi connectivity index (χ3v) is 2.62. The van der Waals surface area contributed by atoms with E-state index in [9.17, 15) is 24.8 Å². The molecule has 0 fully saturated rings. The molecule has 1 aromatic rings. The largest absolute Gasteiger partial charge is 0.480 e. The van der Waals surface area contributed by atoms with Gasteiger partial charge in [-0.3, -0.25) is 14.9 Å². The summed E-state index contributed by atoms with van der Waals surface area (Å²) in [7, 11) is 0. The monoisotopic (exact) mass is 303 g/mol. The number of nitrogens with one attached hydrogen (secondary N) is 1. The summed E-state index contributed by atoms with van der Waals surface area (Å²) in [6.45, 7) is 1.17. The van der Waals surface area contributed by atoms with Gasteiger partial charge >= 0.3 is 5.97 Å². The predicted octanol–water partition coefficient (Wildman–Crippen LogP) is 0.207. The predicted molar refractivity (Wildman–Crippen MR) is 66.5 cm³/mol. The van der Waals surface area contributed by atoms with Gasteiger partial charge in [-0.1, -0.05) is 11.6 Å². The molecular weight excluding hydrogens is 294 g/mol. The molecule has 108 valence electrons. The van der Waals surface area contributed by atoms with Crippen LogP contribution in [0.3, 0.4) is 0 Å². The molecule has 0 bridgehead atoms. The molecule has 2 atom stereocenters. The number of pyridine rings is 1. The SMILES string of the molecule is CC(O)C(NC(=O)c1cc([N+](=O)[O-])cnc1Cl)C(=O)O. The number of aromatic nitrogens is 1. The van der Waals surface area contributed by atoms with Crippen LogP contribution < -0.4 is 5.32 Å². The second-order valence-corrected chi connectivity index (χ2v) is 4.18. The highest BCUT2D eigenvalue weighted by molar-refractivity contribution is 6.32. The first-order chi connectivity index (χ1) is 9.23. The molecule has 1 rings (SSSR count). The number of rotatable bonds is 5. The molecule has 9 nitrogen and oxygen atoms in total. The number of aliphatic hydroxyl groups excluding tert-OH is 1. The van der Waals surface area contributed by atoms with E-state index in [1.807, 2.05) is 5.32 Å². The smallest absolute Gasteiger partial charge is 0.328 e. The fraction of sp³-hybridized carbons (Fsp3) is 0.300. The number of hydrogen-bond acceptors (Lipinski definition) is 6. The Morgan fingerprint density at radius 3 is 2.60 bits per heavy atom. The second-order valence-electron chi connectivity index (χ2n) is 3.82. The van der Waals surface area contributed by atoms with Crippen LogP contribution in [0.2, 0.25) is 5.15 Å². The highest BCUT2D eigenvalue weighted by Gasteiger charge is 2.27. The van der Waals surface area contributed by atoms with E-state index in [1.54, 1.807) is 0 Å². The quantitative estimate of drug-likeness (QED) is 0.400. The average molecular weight is 304 g/mol. The van der Waals surface area contributed by atoms with Crippen molar-refractivity contribution in [2.45, 2.75) is 19.1 Å². The number of amides is 1. The summed E-state index contributed by atoms with van der Waals surface area (Å²) in [4.78, 5) is 35.9. The van der Waals surface area contributed by atoms with Crippen LogP contribution in [0.5, 0.6) is 0 Å². The van der Waals surface area contributed by atoms with Gasteiger partial charge in [-0.15, -0.1) is 0 Å². The third-order valence-electron chi connectivity index (χ3n) is 2.32. The molecule has 0 aliphatic heterocycles. The van der Waals surface area contributed by atoms with Crippen LogP contribution in [0.25, 0.3) is 0 Å². The van der Waals surface area contributed by atoms with Crippen molar-refractivity contribution in [3.63, 3.8) is 0 Å². The molecule has 0 saturated heterocycles. The summed E-state index contributed by atoms with van der Waals surface area (Å²) in [5.74, 6) is -2.44. The van der Waals surface area contributed by atoms with Crippen LogP contribution in [0.1, 0.15) is 17.3 Å². The van der Waals surface area contributed by atoms with Gasteiger partial charge < -0.3 is 15.5 Å². The Balaban J connectivity index is 3.05. The van der Waals surface area contributed by atoms with Crippen LogP contribution in [0.4, 0.5) is 5.69 Å². The Morgan fingerprint density at radius 1 is 1.55 bits per heavy atom. The molecule has 0 saturated carbocycles. The number of halogens is 1. The van der Waals surface area contributed by atoms with E-state index in [0.29, 0.717) is 0 Å². The molecule has 3 N–H and O–H groups in total. The maximum atomic E-state index is 11.8. The number of aliphatic hydroxyl groups is 1. The van der Waals surface area contributed by atoms with Crippen LogP contribution in [-0.4, -0.2) is 44.1 Å². The summed E-state index contributed by atoms with van der Waals surface area (Å²) in [6.07, 6.45) is -0.496. The van der Waals surface area contributed by atoms with Gasteiger partial charge in [0.1, 0.15) is 11.3 Å². The fourth-order valence-corrected chi connectivity index (χ4v) is 1.49. The van der Waals surface area contributed by atoms with Crippen molar-refractivity contribution in [2.24, 2.45) is 0 Å². The standard InChI is InChI=1S/C10H10ClN3O6/c1-4(15)7(10(17)18)13-9(16)6-2-5(14(19)20)3-12-8(6)11/h2-4,7,15H,1H3,(H,13,16)(H,17,18). The van der Waals surface area contributed by atoms with Crippen molar-refractivity contribution >= 4 is 29.2 Å². The summed E-state index contributed by atoms with van der Waals surface area (Å²) in [6, 6.07) is -0.705. The zero-order valence-electron chi connectivity index (χ0n) is 10.1. The Bertz CT molecular complexity index is 562. The lowest BCUT2D eigenvalue weighted by molar-refractivity contribution is -0.385. The first-order valence-corrected chi connectivity index (χ1v) is 5.63. The van der Waals surface area contributed by atoms with Gasteiger partial charge in [-0.2, -0.15) is 0 Å². The van der Waals surface area contributed by atoms with E-state index in [1.165, 1.54) is 6.92 Å². The minimum absolute atomic E-state index is 0.317. The minimum atomic E-state index is -1.57. The van der Waals surface area contributed by atoms with Crippen LogP contribution >= 0.6 is 11.6 Å². The first kappa shape index (κ1) is 15.8. The molecular formula is C10H10ClN3O6. The molecule has 0 aromatic carbocycles. The van der Waals surface area contributed by atoms with E-state index in [-0.39, 0.29) is 10.7 Å². The number of carboxylic acid groups (broad SMARTS) is 1. The van der Waals surface area contributed by atoms with Crippen molar-refractivity contribution in [2.75, 3.05) is 0 Å². The van der Waals surface area contributed by atoms with E-state index in [4.69, 9.17) is 16.7 Å². The van der Waals surface area contributed by atoms with E-state index < -0.39 is 34.6 Å². The molecule has 2 unspecified atom stereocenters. The lowest BCUT2D eigenvalue weighted by Crippen LogP contribution is -2.47. The van der Waals surface area contributed by atoms with Gasteiger partial charge in [0, 0.05) is 6.07 Å². The molecule has 1 heterocycles. The number of nitro groups is 1. The topological polar surface area (TPSA) is 143 Å². The number of carbonyl (C=O) groups is 2. The number of nitrogens with zero attached hydrogens (tertiary/aromatic N) is 2. The van der Waals surface area contributed by atoms with Crippen molar-refractivity contribution in [3.8, 4) is 0 Å². The number of hydrogen-bond donors (Lipinski definition) is 3. The van der Waals surface area contributed by atoms with Gasteiger partial charge in [-0.05, 0) is 6.92 Å². The zero-order chi connectivity index (χ0) is 15.4. The third kappa shape index (κ3) is 3.62. The summed E-state index contributed by atoms with van der Waals surface area (Å²) < 4.78 is 0. The van der Waals surface area contributed by atoms with Gasteiger partial charge in [-0.25, -0.2) is 9.78 Å². The average Bonchev–Trinajstić information content (AvgIpc) is 2.34. The summed E-state index contributed by atoms with van der Waals surface area (Å²) in [5.41, 5.74) is -0.823. The Morgan fingerprint density at radius 2 is 2.15 bits per heavy atom. The maximum absolute atomic E-state index is 11.8. The Kier molecular flexibility index (Phi) is 4.94. The normalized spacial score (nSPS) is 13.3. The molecule has 1 amide bonds.